The van der Waals surface area contributed by atoms with Gasteiger partial charge in [0.2, 0.25) is 5.95 Å². The summed E-state index contributed by atoms with van der Waals surface area (Å²) in [4.78, 5) is 17.9. The average molecular weight is 416 g/mol. The molecule has 0 fully saturated rings. The molecule has 5 rings (SSSR count). The highest BCUT2D eigenvalue weighted by Crippen LogP contribution is 2.46. The van der Waals surface area contributed by atoms with Crippen LogP contribution in [0.15, 0.2) is 60.1 Å². The Kier molecular flexibility index (Phi) is 4.73. The number of ether oxygens (including phenoxy) is 2. The van der Waals surface area contributed by atoms with Crippen molar-refractivity contribution in [1.82, 2.24) is 14.8 Å². The fraction of sp³-hybridized carbons (Fsp3) is 0.292. The number of allylic oxidation sites excluding steroid dienone is 2. The number of anilines is 1. The van der Waals surface area contributed by atoms with Crippen LogP contribution in [0, 0.1) is 6.92 Å². The number of Topliss-reactive ketones (excluding diaryl/α,β-unsaturated/α-hetero) is 1. The SMILES string of the molecule is COc1ccc([C@@H]2CC(=O)C3=C(C2)Nc2ncnn2[C@@H]3c2ccccc2C)c(OC)c1. The first kappa shape index (κ1) is 19.4. The highest BCUT2D eigenvalue weighted by molar-refractivity contribution is 6.00. The van der Waals surface area contributed by atoms with Crippen molar-refractivity contribution in [2.24, 2.45) is 0 Å². The molecule has 0 radical (unpaired) electrons. The first-order valence-electron chi connectivity index (χ1n) is 10.3. The van der Waals surface area contributed by atoms with Crippen LogP contribution in [0.25, 0.3) is 0 Å². The van der Waals surface area contributed by atoms with Gasteiger partial charge in [-0.05, 0) is 36.1 Å². The summed E-state index contributed by atoms with van der Waals surface area (Å²) >= 11 is 0. The number of hydrogen-bond donors (Lipinski definition) is 1. The highest BCUT2D eigenvalue weighted by Gasteiger charge is 2.40. The van der Waals surface area contributed by atoms with Gasteiger partial charge in [-0.1, -0.05) is 30.3 Å². The van der Waals surface area contributed by atoms with E-state index in [9.17, 15) is 4.79 Å². The van der Waals surface area contributed by atoms with Gasteiger partial charge in [0.1, 0.15) is 23.9 Å². The quantitative estimate of drug-likeness (QED) is 0.692. The normalized spacial score (nSPS) is 20.0. The van der Waals surface area contributed by atoms with Crippen molar-refractivity contribution in [2.45, 2.75) is 31.7 Å². The van der Waals surface area contributed by atoms with Crippen molar-refractivity contribution in [2.75, 3.05) is 19.5 Å². The molecule has 158 valence electrons. The van der Waals surface area contributed by atoms with Gasteiger partial charge in [-0.3, -0.25) is 4.79 Å². The third-order valence-electron chi connectivity index (χ3n) is 6.23. The number of hydrogen-bond acceptors (Lipinski definition) is 6. The van der Waals surface area contributed by atoms with Crippen molar-refractivity contribution in [3.8, 4) is 11.5 Å². The topological polar surface area (TPSA) is 78.3 Å². The highest BCUT2D eigenvalue weighted by atomic mass is 16.5. The molecule has 0 saturated carbocycles. The van der Waals surface area contributed by atoms with E-state index in [0.29, 0.717) is 18.8 Å². The minimum atomic E-state index is -0.277. The van der Waals surface area contributed by atoms with Gasteiger partial charge < -0.3 is 14.8 Å². The van der Waals surface area contributed by atoms with Crippen LogP contribution in [-0.2, 0) is 4.79 Å². The van der Waals surface area contributed by atoms with Gasteiger partial charge in [-0.2, -0.15) is 10.1 Å². The number of benzene rings is 2. The summed E-state index contributed by atoms with van der Waals surface area (Å²) in [5.41, 5.74) is 4.87. The Morgan fingerprint density at radius 3 is 2.68 bits per heavy atom. The zero-order valence-electron chi connectivity index (χ0n) is 17.8. The van der Waals surface area contributed by atoms with Crippen LogP contribution in [0.1, 0.15) is 41.5 Å². The Balaban J connectivity index is 1.59. The average Bonchev–Trinajstić information content (AvgIpc) is 3.26. The fourth-order valence-corrected chi connectivity index (χ4v) is 4.71. The Hall–Kier alpha value is -3.61. The monoisotopic (exact) mass is 416 g/mol. The minimum absolute atomic E-state index is 0.00611. The summed E-state index contributed by atoms with van der Waals surface area (Å²) in [6.45, 7) is 2.06. The number of carbonyl (C=O) groups excluding carboxylic acids is 1. The first-order chi connectivity index (χ1) is 15.1. The van der Waals surface area contributed by atoms with Crippen molar-refractivity contribution in [1.29, 1.82) is 0 Å². The molecule has 2 aliphatic rings. The van der Waals surface area contributed by atoms with Gasteiger partial charge >= 0.3 is 0 Å². The summed E-state index contributed by atoms with van der Waals surface area (Å²) in [7, 11) is 3.27. The van der Waals surface area contributed by atoms with Gasteiger partial charge in [0.05, 0.1) is 14.2 Å². The zero-order chi connectivity index (χ0) is 21.5. The van der Waals surface area contributed by atoms with E-state index < -0.39 is 0 Å². The smallest absolute Gasteiger partial charge is 0.226 e. The summed E-state index contributed by atoms with van der Waals surface area (Å²) in [5, 5.41) is 7.80. The number of nitrogens with one attached hydrogen (secondary N) is 1. The molecule has 1 N–H and O–H groups in total. The van der Waals surface area contributed by atoms with Gasteiger partial charge in [-0.15, -0.1) is 0 Å². The minimum Gasteiger partial charge on any atom is -0.497 e. The summed E-state index contributed by atoms with van der Waals surface area (Å²) in [6, 6.07) is 13.6. The van der Waals surface area contributed by atoms with E-state index in [1.807, 2.05) is 35.0 Å². The molecule has 3 aromatic rings. The van der Waals surface area contributed by atoms with E-state index in [0.717, 1.165) is 39.5 Å². The van der Waals surface area contributed by atoms with Crippen LogP contribution in [0.3, 0.4) is 0 Å². The van der Waals surface area contributed by atoms with E-state index in [1.54, 1.807) is 14.2 Å². The molecular weight excluding hydrogens is 392 g/mol. The molecule has 1 aliphatic carbocycles. The third-order valence-corrected chi connectivity index (χ3v) is 6.23. The van der Waals surface area contributed by atoms with Gasteiger partial charge in [0.25, 0.3) is 0 Å². The van der Waals surface area contributed by atoms with E-state index in [1.165, 1.54) is 6.33 Å². The van der Waals surface area contributed by atoms with E-state index >= 15 is 0 Å². The maximum absolute atomic E-state index is 13.5. The van der Waals surface area contributed by atoms with Crippen molar-refractivity contribution < 1.29 is 14.3 Å². The zero-order valence-corrected chi connectivity index (χ0v) is 17.8. The molecule has 7 nitrogen and oxygen atoms in total. The number of fused-ring (bicyclic) bond motifs is 1. The second-order valence-electron chi connectivity index (χ2n) is 7.94. The molecule has 2 atom stereocenters. The molecule has 2 heterocycles. The van der Waals surface area contributed by atoms with Crippen LogP contribution in [0.5, 0.6) is 11.5 Å². The largest absolute Gasteiger partial charge is 0.497 e. The summed E-state index contributed by atoms with van der Waals surface area (Å²) < 4.78 is 12.7. The number of aryl methyl sites for hydroxylation is 1. The predicted octanol–water partition coefficient (Wildman–Crippen LogP) is 4.02. The number of carbonyl (C=O) groups is 1. The molecule has 0 unspecified atom stereocenters. The molecule has 31 heavy (non-hydrogen) atoms. The Morgan fingerprint density at radius 2 is 1.90 bits per heavy atom. The second-order valence-corrected chi connectivity index (χ2v) is 7.94. The van der Waals surface area contributed by atoms with Crippen LogP contribution in [-0.4, -0.2) is 34.8 Å². The second kappa shape index (κ2) is 7.58. The molecule has 7 heteroatoms. The van der Waals surface area contributed by atoms with Crippen molar-refractivity contribution in [3.05, 3.63) is 76.8 Å². The number of methoxy groups -OCH3 is 2. The van der Waals surface area contributed by atoms with Crippen LogP contribution in [0.2, 0.25) is 0 Å². The standard InChI is InChI=1S/C24H24N4O3/c1-14-6-4-5-7-17(14)23-22-19(27-24-25-13-26-28(23)24)10-15(11-20(22)29)18-9-8-16(30-2)12-21(18)31-3/h4-9,12-13,15,23H,10-11H2,1-3H3,(H,25,26,27)/t15-,23+/m0/s1. The Bertz CT molecular complexity index is 1200. The lowest BCUT2D eigenvalue weighted by atomic mass is 9.77. The van der Waals surface area contributed by atoms with Gasteiger partial charge in [0, 0.05) is 29.7 Å². The maximum Gasteiger partial charge on any atom is 0.226 e. The molecular formula is C24H24N4O3. The van der Waals surface area contributed by atoms with Crippen LogP contribution in [0.4, 0.5) is 5.95 Å². The summed E-state index contributed by atoms with van der Waals surface area (Å²) in [5.74, 6) is 2.24. The first-order valence-corrected chi connectivity index (χ1v) is 10.3. The molecule has 1 aliphatic heterocycles. The Morgan fingerprint density at radius 1 is 1.06 bits per heavy atom. The predicted molar refractivity (Wildman–Crippen MR) is 117 cm³/mol. The number of nitrogens with zero attached hydrogens (tertiary/aromatic N) is 3. The lowest BCUT2D eigenvalue weighted by Crippen LogP contribution is -2.34. The molecule has 0 amide bonds. The Labute approximate surface area is 180 Å². The maximum atomic E-state index is 13.5. The van der Waals surface area contributed by atoms with Crippen LogP contribution >= 0.6 is 0 Å². The summed E-state index contributed by atoms with van der Waals surface area (Å²) in [6.07, 6.45) is 2.63. The van der Waals surface area contributed by atoms with E-state index in [4.69, 9.17) is 9.47 Å². The van der Waals surface area contributed by atoms with Gasteiger partial charge in [-0.25, -0.2) is 4.68 Å². The number of rotatable bonds is 4. The third kappa shape index (κ3) is 3.17. The molecule has 0 bridgehead atoms. The van der Waals surface area contributed by atoms with Crippen molar-refractivity contribution in [3.63, 3.8) is 0 Å². The fourth-order valence-electron chi connectivity index (χ4n) is 4.71. The molecule has 1 aromatic heterocycles. The van der Waals surface area contributed by atoms with Crippen molar-refractivity contribution >= 4 is 11.7 Å². The molecule has 2 aromatic carbocycles. The lowest BCUT2D eigenvalue weighted by Gasteiger charge is -2.35. The number of ketones is 1. The lowest BCUT2D eigenvalue weighted by molar-refractivity contribution is -0.116. The van der Waals surface area contributed by atoms with Gasteiger partial charge in [0.15, 0.2) is 5.78 Å². The van der Waals surface area contributed by atoms with Crippen LogP contribution < -0.4 is 14.8 Å². The molecule has 0 saturated heterocycles. The number of aromatic nitrogens is 3. The van der Waals surface area contributed by atoms with E-state index in [2.05, 4.69) is 34.5 Å². The van der Waals surface area contributed by atoms with E-state index in [-0.39, 0.29) is 17.7 Å². The molecule has 0 spiro atoms.